The second kappa shape index (κ2) is 8.69. The number of carboxylic acid groups (broad SMARTS) is 1. The monoisotopic (exact) mass is 269 g/mol. The highest BCUT2D eigenvalue weighted by molar-refractivity contribution is 5.85. The Bertz CT molecular complexity index is 327. The van der Waals surface area contributed by atoms with Crippen LogP contribution in [0.5, 0.6) is 0 Å². The van der Waals surface area contributed by atoms with Gasteiger partial charge in [-0.1, -0.05) is 19.1 Å². The predicted octanol–water partition coefficient (Wildman–Crippen LogP) is 1.59. The molecule has 0 aromatic rings. The van der Waals surface area contributed by atoms with Crippen molar-refractivity contribution in [3.63, 3.8) is 0 Å². The van der Waals surface area contributed by atoms with Crippen LogP contribution in [-0.2, 0) is 14.3 Å². The minimum atomic E-state index is -0.893. The fourth-order valence-corrected chi connectivity index (χ4v) is 2.14. The highest BCUT2D eigenvalue weighted by Crippen LogP contribution is 2.25. The van der Waals surface area contributed by atoms with Crippen molar-refractivity contribution in [2.45, 2.75) is 32.6 Å². The van der Waals surface area contributed by atoms with Crippen LogP contribution >= 0.6 is 0 Å². The van der Waals surface area contributed by atoms with Crippen molar-refractivity contribution in [1.82, 2.24) is 5.32 Å². The normalized spacial score (nSPS) is 22.2. The van der Waals surface area contributed by atoms with E-state index in [1.807, 2.05) is 19.1 Å². The summed E-state index contributed by atoms with van der Waals surface area (Å²) in [5.74, 6) is -2.09. The summed E-state index contributed by atoms with van der Waals surface area (Å²) in [6, 6.07) is 0. The molecule has 0 bridgehead atoms. The summed E-state index contributed by atoms with van der Waals surface area (Å²) in [6.07, 6.45) is 6.41. The zero-order chi connectivity index (χ0) is 14.1. The molecule has 0 heterocycles. The summed E-state index contributed by atoms with van der Waals surface area (Å²) >= 11 is 0. The van der Waals surface area contributed by atoms with Crippen LogP contribution in [0.15, 0.2) is 12.2 Å². The first-order valence-electron chi connectivity index (χ1n) is 6.90. The van der Waals surface area contributed by atoms with E-state index < -0.39 is 17.8 Å². The predicted molar refractivity (Wildman–Crippen MR) is 71.7 cm³/mol. The molecule has 5 heteroatoms. The second-order valence-corrected chi connectivity index (χ2v) is 4.75. The average molecular weight is 269 g/mol. The fourth-order valence-electron chi connectivity index (χ4n) is 2.14. The molecule has 0 saturated carbocycles. The van der Waals surface area contributed by atoms with E-state index in [0.29, 0.717) is 26.0 Å². The first-order valence-corrected chi connectivity index (χ1v) is 6.90. The number of hydrogen-bond donors (Lipinski definition) is 2. The molecule has 0 spiro atoms. The lowest BCUT2D eigenvalue weighted by molar-refractivity contribution is -0.147. The van der Waals surface area contributed by atoms with Crippen LogP contribution in [0.4, 0.5) is 0 Å². The van der Waals surface area contributed by atoms with Crippen molar-refractivity contribution < 1.29 is 19.4 Å². The molecule has 1 amide bonds. The van der Waals surface area contributed by atoms with Crippen LogP contribution in [0.25, 0.3) is 0 Å². The van der Waals surface area contributed by atoms with Gasteiger partial charge in [-0.05, 0) is 25.7 Å². The van der Waals surface area contributed by atoms with Crippen LogP contribution < -0.4 is 5.32 Å². The number of aliphatic carboxylic acids is 1. The maximum absolute atomic E-state index is 12.0. The maximum Gasteiger partial charge on any atom is 0.307 e. The van der Waals surface area contributed by atoms with Crippen molar-refractivity contribution in [2.24, 2.45) is 11.8 Å². The zero-order valence-electron chi connectivity index (χ0n) is 11.4. The van der Waals surface area contributed by atoms with Crippen molar-refractivity contribution >= 4 is 11.9 Å². The lowest BCUT2D eigenvalue weighted by atomic mass is 9.82. The standard InChI is InChI=1S/C14H23NO4/c1-2-9-19-10-5-8-15-13(16)11-6-3-4-7-12(11)14(17)18/h3-4,11-12H,2,5-10H2,1H3,(H,15,16)(H,17,18). The van der Waals surface area contributed by atoms with Gasteiger partial charge in [0.15, 0.2) is 0 Å². The van der Waals surface area contributed by atoms with Gasteiger partial charge in [0, 0.05) is 19.8 Å². The topological polar surface area (TPSA) is 75.6 Å². The summed E-state index contributed by atoms with van der Waals surface area (Å²) in [4.78, 5) is 23.0. The quantitative estimate of drug-likeness (QED) is 0.518. The van der Waals surface area contributed by atoms with Gasteiger partial charge in [-0.15, -0.1) is 0 Å². The number of rotatable bonds is 8. The number of carbonyl (C=O) groups is 2. The van der Waals surface area contributed by atoms with Gasteiger partial charge >= 0.3 is 5.97 Å². The highest BCUT2D eigenvalue weighted by Gasteiger charge is 2.33. The molecule has 2 unspecified atom stereocenters. The second-order valence-electron chi connectivity index (χ2n) is 4.75. The lowest BCUT2D eigenvalue weighted by Gasteiger charge is -2.24. The summed E-state index contributed by atoms with van der Waals surface area (Å²) in [6.45, 7) is 3.95. The fraction of sp³-hybridized carbons (Fsp3) is 0.714. The van der Waals surface area contributed by atoms with Crippen molar-refractivity contribution in [3.05, 3.63) is 12.2 Å². The average Bonchev–Trinajstić information content (AvgIpc) is 2.42. The Morgan fingerprint density at radius 2 is 1.95 bits per heavy atom. The highest BCUT2D eigenvalue weighted by atomic mass is 16.5. The van der Waals surface area contributed by atoms with E-state index in [9.17, 15) is 9.59 Å². The molecule has 19 heavy (non-hydrogen) atoms. The number of ether oxygens (including phenoxy) is 1. The van der Waals surface area contributed by atoms with Gasteiger partial charge in [0.2, 0.25) is 5.91 Å². The van der Waals surface area contributed by atoms with Gasteiger partial charge in [-0.25, -0.2) is 0 Å². The molecule has 0 saturated heterocycles. The molecule has 5 nitrogen and oxygen atoms in total. The molecule has 1 aliphatic carbocycles. The van der Waals surface area contributed by atoms with E-state index >= 15 is 0 Å². The van der Waals surface area contributed by atoms with E-state index in [4.69, 9.17) is 9.84 Å². The molecule has 2 atom stereocenters. The molecule has 0 aromatic carbocycles. The van der Waals surface area contributed by atoms with Gasteiger partial charge in [-0.3, -0.25) is 9.59 Å². The van der Waals surface area contributed by atoms with Gasteiger partial charge in [-0.2, -0.15) is 0 Å². The first-order chi connectivity index (χ1) is 9.16. The minimum Gasteiger partial charge on any atom is -0.481 e. The minimum absolute atomic E-state index is 0.160. The molecule has 0 aliphatic heterocycles. The molecule has 2 N–H and O–H groups in total. The summed E-state index contributed by atoms with van der Waals surface area (Å²) in [5.41, 5.74) is 0. The molecular weight excluding hydrogens is 246 g/mol. The van der Waals surface area contributed by atoms with Gasteiger partial charge < -0.3 is 15.2 Å². The van der Waals surface area contributed by atoms with E-state index in [-0.39, 0.29) is 5.91 Å². The number of carbonyl (C=O) groups excluding carboxylic acids is 1. The summed E-state index contributed by atoms with van der Waals surface area (Å²) in [5, 5.41) is 11.9. The van der Waals surface area contributed by atoms with Crippen molar-refractivity contribution in [3.8, 4) is 0 Å². The first kappa shape index (κ1) is 15.7. The van der Waals surface area contributed by atoms with E-state index in [2.05, 4.69) is 5.32 Å². The number of amides is 1. The lowest BCUT2D eigenvalue weighted by Crippen LogP contribution is -2.39. The number of carboxylic acids is 1. The van der Waals surface area contributed by atoms with Crippen molar-refractivity contribution in [2.75, 3.05) is 19.8 Å². The van der Waals surface area contributed by atoms with E-state index in [1.54, 1.807) is 0 Å². The van der Waals surface area contributed by atoms with Crippen LogP contribution in [0.2, 0.25) is 0 Å². The maximum atomic E-state index is 12.0. The molecule has 1 rings (SSSR count). The summed E-state index contributed by atoms with van der Waals surface area (Å²) < 4.78 is 5.31. The zero-order valence-corrected chi connectivity index (χ0v) is 11.4. The van der Waals surface area contributed by atoms with Gasteiger partial charge in [0.05, 0.1) is 11.8 Å². The van der Waals surface area contributed by atoms with Crippen LogP contribution in [-0.4, -0.2) is 36.7 Å². The van der Waals surface area contributed by atoms with E-state index in [0.717, 1.165) is 19.4 Å². The Balaban J connectivity index is 2.27. The molecule has 0 aromatic heterocycles. The number of allylic oxidation sites excluding steroid dienone is 2. The third-order valence-corrected chi connectivity index (χ3v) is 3.20. The Kier molecular flexibility index (Phi) is 7.18. The van der Waals surface area contributed by atoms with Crippen LogP contribution in [0.3, 0.4) is 0 Å². The Morgan fingerprint density at radius 3 is 2.58 bits per heavy atom. The number of nitrogens with one attached hydrogen (secondary N) is 1. The molecule has 0 fully saturated rings. The largest absolute Gasteiger partial charge is 0.481 e. The van der Waals surface area contributed by atoms with E-state index in [1.165, 1.54) is 0 Å². The number of hydrogen-bond acceptors (Lipinski definition) is 3. The molecular formula is C14H23NO4. The molecule has 0 radical (unpaired) electrons. The third kappa shape index (κ3) is 5.42. The summed E-state index contributed by atoms with van der Waals surface area (Å²) in [7, 11) is 0. The molecule has 108 valence electrons. The Labute approximate surface area is 114 Å². The van der Waals surface area contributed by atoms with Crippen LogP contribution in [0, 0.1) is 11.8 Å². The Morgan fingerprint density at radius 1 is 1.26 bits per heavy atom. The Hall–Kier alpha value is -1.36. The SMILES string of the molecule is CCCOCCCNC(=O)C1CC=CCC1C(=O)O. The third-order valence-electron chi connectivity index (χ3n) is 3.20. The molecule has 1 aliphatic rings. The van der Waals surface area contributed by atoms with Crippen LogP contribution in [0.1, 0.15) is 32.6 Å². The smallest absolute Gasteiger partial charge is 0.307 e. The van der Waals surface area contributed by atoms with Gasteiger partial charge in [0.25, 0.3) is 0 Å². The van der Waals surface area contributed by atoms with Gasteiger partial charge in [0.1, 0.15) is 0 Å². The van der Waals surface area contributed by atoms with Crippen molar-refractivity contribution in [1.29, 1.82) is 0 Å².